The van der Waals surface area contributed by atoms with Gasteiger partial charge in [0.05, 0.1) is 11.9 Å². The molecule has 1 aromatic carbocycles. The lowest BCUT2D eigenvalue weighted by Gasteiger charge is -2.14. The van der Waals surface area contributed by atoms with Crippen molar-refractivity contribution < 1.29 is 9.13 Å². The Hall–Kier alpha value is -0.870. The van der Waals surface area contributed by atoms with Crippen molar-refractivity contribution in [3.63, 3.8) is 0 Å². The van der Waals surface area contributed by atoms with E-state index in [9.17, 15) is 4.39 Å². The van der Waals surface area contributed by atoms with Crippen LogP contribution < -0.4 is 4.74 Å². The van der Waals surface area contributed by atoms with Crippen molar-refractivity contribution in [3.05, 3.63) is 52.0 Å². The smallest absolute Gasteiger partial charge is 0.131 e. The van der Waals surface area contributed by atoms with Crippen LogP contribution in [0.1, 0.15) is 15.3 Å². The van der Waals surface area contributed by atoms with Crippen LogP contribution in [0.15, 0.2) is 35.7 Å². The normalized spacial score (nSPS) is 12.4. The third-order valence-electron chi connectivity index (χ3n) is 2.51. The van der Waals surface area contributed by atoms with Gasteiger partial charge in [-0.05, 0) is 30.0 Å². The molecule has 1 nitrogen and oxygen atoms in total. The maximum absolute atomic E-state index is 13.8. The molecule has 1 aromatic heterocycles. The molecule has 0 saturated carbocycles. The molecule has 0 saturated heterocycles. The van der Waals surface area contributed by atoms with E-state index >= 15 is 0 Å². The van der Waals surface area contributed by atoms with E-state index in [0.29, 0.717) is 11.3 Å². The number of hydrogen-bond acceptors (Lipinski definition) is 2. The Kier molecular flexibility index (Phi) is 4.18. The molecule has 2 rings (SSSR count). The highest BCUT2D eigenvalue weighted by atomic mass is 79.9. The largest absolute Gasteiger partial charge is 0.496 e. The first-order valence-corrected chi connectivity index (χ1v) is 7.00. The topological polar surface area (TPSA) is 9.23 Å². The molecule has 0 aliphatic rings. The van der Waals surface area contributed by atoms with Crippen molar-refractivity contribution in [3.8, 4) is 5.75 Å². The number of alkyl halides is 1. The van der Waals surface area contributed by atoms with Crippen LogP contribution in [0, 0.1) is 5.82 Å². The summed E-state index contributed by atoms with van der Waals surface area (Å²) < 4.78 is 19.0. The SMILES string of the molecule is COc1cccc(F)c1C(Br)Cc1cccs1. The Bertz CT molecular complexity index is 484. The van der Waals surface area contributed by atoms with Crippen LogP contribution in [0.3, 0.4) is 0 Å². The Morgan fingerprint density at radius 2 is 2.18 bits per heavy atom. The summed E-state index contributed by atoms with van der Waals surface area (Å²) in [6.07, 6.45) is 0.759. The maximum Gasteiger partial charge on any atom is 0.131 e. The van der Waals surface area contributed by atoms with Crippen molar-refractivity contribution in [1.29, 1.82) is 0 Å². The number of rotatable bonds is 4. The molecule has 1 atom stereocenters. The molecule has 2 aromatic rings. The van der Waals surface area contributed by atoms with Gasteiger partial charge in [0.2, 0.25) is 0 Å². The molecular weight excluding hydrogens is 303 g/mol. The van der Waals surface area contributed by atoms with Gasteiger partial charge in [-0.15, -0.1) is 11.3 Å². The third-order valence-corrected chi connectivity index (χ3v) is 4.19. The molecule has 17 heavy (non-hydrogen) atoms. The minimum atomic E-state index is -0.234. The van der Waals surface area contributed by atoms with E-state index in [-0.39, 0.29) is 10.6 Å². The number of methoxy groups -OCH3 is 1. The van der Waals surface area contributed by atoms with Crippen LogP contribution in [0.2, 0.25) is 0 Å². The van der Waals surface area contributed by atoms with E-state index < -0.39 is 0 Å². The average molecular weight is 315 g/mol. The van der Waals surface area contributed by atoms with Crippen LogP contribution in [-0.2, 0) is 6.42 Å². The van der Waals surface area contributed by atoms with Crippen LogP contribution in [0.5, 0.6) is 5.75 Å². The average Bonchev–Trinajstić information content (AvgIpc) is 2.81. The lowest BCUT2D eigenvalue weighted by Crippen LogP contribution is -2.01. The van der Waals surface area contributed by atoms with E-state index in [1.165, 1.54) is 10.9 Å². The van der Waals surface area contributed by atoms with Crippen LogP contribution in [0.25, 0.3) is 0 Å². The van der Waals surface area contributed by atoms with Crippen LogP contribution >= 0.6 is 27.3 Å². The van der Waals surface area contributed by atoms with Gasteiger partial charge >= 0.3 is 0 Å². The van der Waals surface area contributed by atoms with Gasteiger partial charge in [-0.1, -0.05) is 28.1 Å². The first-order chi connectivity index (χ1) is 8.22. The van der Waals surface area contributed by atoms with Gasteiger partial charge < -0.3 is 4.74 Å². The number of thiophene rings is 1. The molecule has 0 aliphatic carbocycles. The summed E-state index contributed by atoms with van der Waals surface area (Å²) in [6.45, 7) is 0. The Balaban J connectivity index is 2.26. The number of benzene rings is 1. The molecule has 0 radical (unpaired) electrons. The zero-order valence-corrected chi connectivity index (χ0v) is 11.7. The van der Waals surface area contributed by atoms with E-state index in [2.05, 4.69) is 15.9 Å². The van der Waals surface area contributed by atoms with E-state index in [1.54, 1.807) is 30.6 Å². The van der Waals surface area contributed by atoms with Gasteiger partial charge in [0.15, 0.2) is 0 Å². The standard InChI is InChI=1S/C13H12BrFOS/c1-16-12-6-2-5-11(15)13(12)10(14)8-9-4-3-7-17-9/h2-7,10H,8H2,1H3. The minimum absolute atomic E-state index is 0.0719. The highest BCUT2D eigenvalue weighted by molar-refractivity contribution is 9.09. The lowest BCUT2D eigenvalue weighted by atomic mass is 10.1. The molecule has 0 fully saturated rings. The quantitative estimate of drug-likeness (QED) is 0.751. The summed E-state index contributed by atoms with van der Waals surface area (Å²) >= 11 is 5.21. The molecule has 1 unspecified atom stereocenters. The summed E-state index contributed by atoms with van der Waals surface area (Å²) in [5.41, 5.74) is 0.586. The summed E-state index contributed by atoms with van der Waals surface area (Å²) in [7, 11) is 1.56. The molecule has 0 aliphatic heterocycles. The van der Waals surface area contributed by atoms with Crippen LogP contribution in [-0.4, -0.2) is 7.11 Å². The first-order valence-electron chi connectivity index (χ1n) is 5.21. The van der Waals surface area contributed by atoms with Crippen molar-refractivity contribution in [2.75, 3.05) is 7.11 Å². The minimum Gasteiger partial charge on any atom is -0.496 e. The van der Waals surface area contributed by atoms with Gasteiger partial charge in [-0.3, -0.25) is 0 Å². The molecular formula is C13H12BrFOS. The molecule has 90 valence electrons. The zero-order valence-electron chi connectivity index (χ0n) is 9.32. The molecule has 0 N–H and O–H groups in total. The number of hydrogen-bond donors (Lipinski definition) is 0. The summed E-state index contributed by atoms with van der Waals surface area (Å²) in [6, 6.07) is 8.94. The molecule has 0 spiro atoms. The van der Waals surface area contributed by atoms with Crippen molar-refractivity contribution in [2.45, 2.75) is 11.2 Å². The highest BCUT2D eigenvalue weighted by Gasteiger charge is 2.18. The monoisotopic (exact) mass is 314 g/mol. The van der Waals surface area contributed by atoms with E-state index in [4.69, 9.17) is 4.74 Å². The number of ether oxygens (including phenoxy) is 1. The maximum atomic E-state index is 13.8. The second-order valence-electron chi connectivity index (χ2n) is 3.61. The first kappa shape index (κ1) is 12.6. The summed E-state index contributed by atoms with van der Waals surface area (Å²) in [4.78, 5) is 1.15. The molecule has 4 heteroatoms. The molecule has 1 heterocycles. The fourth-order valence-corrected chi connectivity index (χ4v) is 3.47. The molecule has 0 bridgehead atoms. The van der Waals surface area contributed by atoms with Gasteiger partial charge in [-0.25, -0.2) is 4.39 Å². The van der Waals surface area contributed by atoms with Gasteiger partial charge in [0.1, 0.15) is 11.6 Å². The Morgan fingerprint density at radius 3 is 2.82 bits per heavy atom. The predicted octanol–water partition coefficient (Wildman–Crippen LogP) is 4.57. The van der Waals surface area contributed by atoms with Crippen LogP contribution in [0.4, 0.5) is 4.39 Å². The van der Waals surface area contributed by atoms with Gasteiger partial charge in [-0.2, -0.15) is 0 Å². The van der Waals surface area contributed by atoms with Gasteiger partial charge in [0.25, 0.3) is 0 Å². The van der Waals surface area contributed by atoms with E-state index in [1.807, 2.05) is 17.5 Å². The fraction of sp³-hybridized carbons (Fsp3) is 0.231. The zero-order chi connectivity index (χ0) is 12.3. The Morgan fingerprint density at radius 1 is 1.35 bits per heavy atom. The highest BCUT2D eigenvalue weighted by Crippen LogP contribution is 2.36. The second kappa shape index (κ2) is 5.65. The van der Waals surface area contributed by atoms with Crippen molar-refractivity contribution in [1.82, 2.24) is 0 Å². The number of halogens is 2. The Labute approximate surface area is 112 Å². The van der Waals surface area contributed by atoms with Gasteiger partial charge in [0, 0.05) is 10.4 Å². The summed E-state index contributed by atoms with van der Waals surface area (Å²) in [5.74, 6) is 0.353. The predicted molar refractivity (Wildman–Crippen MR) is 72.6 cm³/mol. The fourth-order valence-electron chi connectivity index (χ4n) is 1.71. The molecule has 0 amide bonds. The summed E-state index contributed by atoms with van der Waals surface area (Å²) in [5, 5.41) is 2.02. The lowest BCUT2D eigenvalue weighted by molar-refractivity contribution is 0.404. The second-order valence-corrected chi connectivity index (χ2v) is 5.74. The van der Waals surface area contributed by atoms with Crippen molar-refractivity contribution in [2.24, 2.45) is 0 Å². The third kappa shape index (κ3) is 2.87. The van der Waals surface area contributed by atoms with Crippen molar-refractivity contribution >= 4 is 27.3 Å². The van der Waals surface area contributed by atoms with E-state index in [0.717, 1.165) is 6.42 Å².